The molecule has 1 aliphatic heterocycles. The summed E-state index contributed by atoms with van der Waals surface area (Å²) in [5.41, 5.74) is 0. The topological polar surface area (TPSA) is 72.4 Å². The number of hydrogen-bond donors (Lipinski definition) is 1. The lowest BCUT2D eigenvalue weighted by molar-refractivity contribution is 0.106. The number of hydrogen-bond acceptors (Lipinski definition) is 7. The third-order valence-corrected chi connectivity index (χ3v) is 3.13. The predicted molar refractivity (Wildman–Crippen MR) is 77.4 cm³/mol. The quantitative estimate of drug-likeness (QED) is 0.756. The highest BCUT2D eigenvalue weighted by Gasteiger charge is 2.16. The molecule has 2 rings (SSSR count). The number of nitrogens with zero attached hydrogens (tertiary/aromatic N) is 4. The molecule has 0 unspecified atom stereocenters. The highest BCUT2D eigenvalue weighted by molar-refractivity contribution is 5.38. The lowest BCUT2D eigenvalue weighted by Crippen LogP contribution is -2.31. The Bertz CT molecular complexity index is 410. The number of ether oxygens (including phenoxy) is 2. The molecule has 7 heteroatoms. The van der Waals surface area contributed by atoms with E-state index in [1.165, 1.54) is 19.3 Å². The maximum atomic E-state index is 5.53. The third-order valence-electron chi connectivity index (χ3n) is 3.13. The molecule has 0 atom stereocenters. The van der Waals surface area contributed by atoms with Crippen LogP contribution in [0.1, 0.15) is 26.2 Å². The fraction of sp³-hybridized carbons (Fsp3) is 0.769. The van der Waals surface area contributed by atoms with Crippen molar-refractivity contribution < 1.29 is 9.47 Å². The minimum Gasteiger partial charge on any atom is -0.461 e. The van der Waals surface area contributed by atoms with Gasteiger partial charge in [-0.15, -0.1) is 0 Å². The zero-order valence-corrected chi connectivity index (χ0v) is 12.3. The number of anilines is 2. The van der Waals surface area contributed by atoms with E-state index < -0.39 is 0 Å². The summed E-state index contributed by atoms with van der Waals surface area (Å²) in [7, 11) is 1.79. The molecule has 0 aromatic carbocycles. The first kappa shape index (κ1) is 14.8. The van der Waals surface area contributed by atoms with Gasteiger partial charge in [-0.25, -0.2) is 0 Å². The molecule has 0 aliphatic carbocycles. The van der Waals surface area contributed by atoms with E-state index >= 15 is 0 Å². The molecule has 1 fully saturated rings. The Morgan fingerprint density at radius 3 is 2.60 bits per heavy atom. The van der Waals surface area contributed by atoms with E-state index in [0.717, 1.165) is 13.1 Å². The third kappa shape index (κ3) is 4.19. The molecule has 0 radical (unpaired) electrons. The van der Waals surface area contributed by atoms with Gasteiger partial charge in [0.25, 0.3) is 0 Å². The zero-order valence-electron chi connectivity index (χ0n) is 12.3. The average molecular weight is 281 g/mol. The van der Waals surface area contributed by atoms with Crippen molar-refractivity contribution in [3.8, 4) is 6.01 Å². The molecule has 0 spiro atoms. The van der Waals surface area contributed by atoms with Crippen molar-refractivity contribution in [2.75, 3.05) is 50.2 Å². The highest BCUT2D eigenvalue weighted by atomic mass is 16.5. The normalized spacial score (nSPS) is 15.2. The van der Waals surface area contributed by atoms with E-state index in [0.29, 0.717) is 37.7 Å². The summed E-state index contributed by atoms with van der Waals surface area (Å²) in [4.78, 5) is 15.2. The van der Waals surface area contributed by atoms with Crippen LogP contribution in [0, 0.1) is 0 Å². The van der Waals surface area contributed by atoms with E-state index in [1.54, 1.807) is 7.05 Å². The molecular formula is C13H23N5O2. The highest BCUT2D eigenvalue weighted by Crippen LogP contribution is 2.19. The van der Waals surface area contributed by atoms with Gasteiger partial charge in [0, 0.05) is 26.7 Å². The first-order valence-electron chi connectivity index (χ1n) is 7.22. The van der Waals surface area contributed by atoms with Crippen LogP contribution in [0.5, 0.6) is 6.01 Å². The molecule has 112 valence electrons. The van der Waals surface area contributed by atoms with E-state index in [9.17, 15) is 0 Å². The van der Waals surface area contributed by atoms with Crippen molar-refractivity contribution in [1.82, 2.24) is 15.0 Å². The summed E-state index contributed by atoms with van der Waals surface area (Å²) >= 11 is 0. The van der Waals surface area contributed by atoms with Crippen LogP contribution in [0.3, 0.4) is 0 Å². The van der Waals surface area contributed by atoms with Crippen molar-refractivity contribution >= 4 is 11.9 Å². The van der Waals surface area contributed by atoms with Crippen LogP contribution in [0.15, 0.2) is 0 Å². The number of piperidine rings is 1. The van der Waals surface area contributed by atoms with E-state index in [-0.39, 0.29) is 0 Å². The number of nitrogens with one attached hydrogen (secondary N) is 1. The molecule has 0 amide bonds. The fourth-order valence-corrected chi connectivity index (χ4v) is 2.09. The van der Waals surface area contributed by atoms with E-state index in [4.69, 9.17) is 9.47 Å². The molecule has 1 saturated heterocycles. The molecule has 1 aromatic rings. The Morgan fingerprint density at radius 1 is 1.10 bits per heavy atom. The Balaban J connectivity index is 2.03. The Kier molecular flexibility index (Phi) is 5.79. The van der Waals surface area contributed by atoms with Gasteiger partial charge in [0.15, 0.2) is 0 Å². The van der Waals surface area contributed by atoms with Crippen LogP contribution in [0.2, 0.25) is 0 Å². The predicted octanol–water partition coefficient (Wildman–Crippen LogP) is 1.32. The maximum absolute atomic E-state index is 5.53. The lowest BCUT2D eigenvalue weighted by atomic mass is 10.1. The Labute approximate surface area is 119 Å². The van der Waals surface area contributed by atoms with Crippen LogP contribution < -0.4 is 15.0 Å². The zero-order chi connectivity index (χ0) is 14.2. The van der Waals surface area contributed by atoms with Crippen molar-refractivity contribution in [3.05, 3.63) is 0 Å². The van der Waals surface area contributed by atoms with Crippen LogP contribution in [-0.2, 0) is 4.74 Å². The Morgan fingerprint density at radius 2 is 1.90 bits per heavy atom. The van der Waals surface area contributed by atoms with Crippen molar-refractivity contribution in [1.29, 1.82) is 0 Å². The van der Waals surface area contributed by atoms with Gasteiger partial charge in [-0.1, -0.05) is 0 Å². The van der Waals surface area contributed by atoms with Gasteiger partial charge in [0.05, 0.1) is 6.61 Å². The van der Waals surface area contributed by atoms with Crippen molar-refractivity contribution in [3.63, 3.8) is 0 Å². The molecule has 20 heavy (non-hydrogen) atoms. The lowest BCUT2D eigenvalue weighted by Gasteiger charge is -2.26. The van der Waals surface area contributed by atoms with Crippen LogP contribution >= 0.6 is 0 Å². The van der Waals surface area contributed by atoms with E-state index in [1.807, 2.05) is 6.92 Å². The van der Waals surface area contributed by atoms with E-state index in [2.05, 4.69) is 25.2 Å². The number of rotatable bonds is 7. The first-order valence-corrected chi connectivity index (χ1v) is 7.22. The number of aromatic nitrogens is 3. The molecule has 1 aliphatic rings. The van der Waals surface area contributed by atoms with Crippen LogP contribution in [0.25, 0.3) is 0 Å². The molecule has 1 aromatic heterocycles. The van der Waals surface area contributed by atoms with Gasteiger partial charge < -0.3 is 19.7 Å². The van der Waals surface area contributed by atoms with Crippen molar-refractivity contribution in [2.24, 2.45) is 0 Å². The Hall–Kier alpha value is -1.63. The summed E-state index contributed by atoms with van der Waals surface area (Å²) in [5.74, 6) is 1.22. The van der Waals surface area contributed by atoms with Gasteiger partial charge in [0.1, 0.15) is 6.61 Å². The minimum absolute atomic E-state index is 0.352. The summed E-state index contributed by atoms with van der Waals surface area (Å²) < 4.78 is 10.8. The van der Waals surface area contributed by atoms with Crippen molar-refractivity contribution in [2.45, 2.75) is 26.2 Å². The fourth-order valence-electron chi connectivity index (χ4n) is 2.09. The molecular weight excluding hydrogens is 258 g/mol. The molecule has 1 N–H and O–H groups in total. The molecule has 0 saturated carbocycles. The van der Waals surface area contributed by atoms with Crippen LogP contribution in [-0.4, -0.2) is 54.9 Å². The van der Waals surface area contributed by atoms with Gasteiger partial charge in [-0.3, -0.25) is 0 Å². The monoisotopic (exact) mass is 281 g/mol. The van der Waals surface area contributed by atoms with Gasteiger partial charge in [-0.05, 0) is 26.2 Å². The summed E-state index contributed by atoms with van der Waals surface area (Å²) in [6.45, 7) is 5.60. The van der Waals surface area contributed by atoms with Gasteiger partial charge >= 0.3 is 6.01 Å². The largest absolute Gasteiger partial charge is 0.461 e. The SMILES string of the molecule is CCOCCOc1nc(NC)nc(N2CCCCC2)n1. The first-order chi connectivity index (χ1) is 9.83. The second-order valence-electron chi connectivity index (χ2n) is 4.58. The smallest absolute Gasteiger partial charge is 0.323 e. The standard InChI is InChI=1S/C13H23N5O2/c1-3-19-9-10-20-13-16-11(14-2)15-12(17-13)18-7-5-4-6-8-18/h3-10H2,1-2H3,(H,14,15,16,17). The summed E-state index contributed by atoms with van der Waals surface area (Å²) in [6, 6.07) is 0.352. The second-order valence-corrected chi connectivity index (χ2v) is 4.58. The van der Waals surface area contributed by atoms with Gasteiger partial charge in [0.2, 0.25) is 11.9 Å². The summed E-state index contributed by atoms with van der Waals surface area (Å²) in [6.07, 6.45) is 3.64. The molecule has 0 bridgehead atoms. The minimum atomic E-state index is 0.352. The van der Waals surface area contributed by atoms with Gasteiger partial charge in [-0.2, -0.15) is 15.0 Å². The van der Waals surface area contributed by atoms with Crippen LogP contribution in [0.4, 0.5) is 11.9 Å². The molecule has 2 heterocycles. The maximum Gasteiger partial charge on any atom is 0.323 e. The second kappa shape index (κ2) is 7.84. The molecule has 7 nitrogen and oxygen atoms in total. The summed E-state index contributed by atoms with van der Waals surface area (Å²) in [5, 5.41) is 2.95. The average Bonchev–Trinajstić information content (AvgIpc) is 2.52.